The summed E-state index contributed by atoms with van der Waals surface area (Å²) in [5.41, 5.74) is 5.53. The van der Waals surface area contributed by atoms with Crippen LogP contribution < -0.4 is 5.73 Å². The van der Waals surface area contributed by atoms with Gasteiger partial charge >= 0.3 is 0 Å². The van der Waals surface area contributed by atoms with Gasteiger partial charge in [0.05, 0.1) is 0 Å². The summed E-state index contributed by atoms with van der Waals surface area (Å²) in [6.45, 7) is 0. The minimum atomic E-state index is -0.560. The molecule has 0 radical (unpaired) electrons. The Kier molecular flexibility index (Phi) is 1.84. The van der Waals surface area contributed by atoms with Crippen LogP contribution in [0.15, 0.2) is 0 Å². The van der Waals surface area contributed by atoms with E-state index in [2.05, 4.69) is 0 Å². The second-order valence-corrected chi connectivity index (χ2v) is 2.51. The van der Waals surface area contributed by atoms with Crippen LogP contribution in [-0.2, 0) is 0 Å². The van der Waals surface area contributed by atoms with Crippen LogP contribution >= 0.6 is 0 Å². The minimum Gasteiger partial charge on any atom is -0.328 e. The van der Waals surface area contributed by atoms with Crippen LogP contribution in [0.2, 0.25) is 0 Å². The Hall–Kier alpha value is -0.110. The monoisotopic (exact) mass is 117 g/mol. The molecule has 0 atom stereocenters. The van der Waals surface area contributed by atoms with E-state index in [9.17, 15) is 4.39 Å². The fourth-order valence-electron chi connectivity index (χ4n) is 1.08. The highest BCUT2D eigenvalue weighted by Crippen LogP contribution is 2.18. The van der Waals surface area contributed by atoms with Crippen LogP contribution in [0.1, 0.15) is 25.7 Å². The van der Waals surface area contributed by atoms with Crippen molar-refractivity contribution >= 4 is 0 Å². The Bertz CT molecular complexity index is 56.9. The highest BCUT2D eigenvalue weighted by atomic mass is 19.1. The van der Waals surface area contributed by atoms with Crippen molar-refractivity contribution in [3.8, 4) is 0 Å². The van der Waals surface area contributed by atoms with Gasteiger partial charge in [0.1, 0.15) is 6.17 Å². The molecule has 0 heterocycles. The third kappa shape index (κ3) is 1.44. The molecule has 0 bridgehead atoms. The number of alkyl halides is 1. The van der Waals surface area contributed by atoms with Gasteiger partial charge in [-0.1, -0.05) is 0 Å². The summed E-state index contributed by atoms with van der Waals surface area (Å²) in [6, 6.07) is 0.280. The van der Waals surface area contributed by atoms with Crippen molar-refractivity contribution in [1.82, 2.24) is 0 Å². The van der Waals surface area contributed by atoms with Crippen molar-refractivity contribution in [1.29, 1.82) is 0 Å². The Morgan fingerprint density at radius 1 is 1.12 bits per heavy atom. The molecule has 1 aliphatic rings. The summed E-state index contributed by atoms with van der Waals surface area (Å²) in [6.07, 6.45) is 2.56. The van der Waals surface area contributed by atoms with E-state index < -0.39 is 6.17 Å². The molecule has 1 nitrogen and oxygen atoms in total. The average molecular weight is 117 g/mol. The highest BCUT2D eigenvalue weighted by Gasteiger charge is 2.16. The fraction of sp³-hybridized carbons (Fsp3) is 1.00. The quantitative estimate of drug-likeness (QED) is 0.507. The molecule has 48 valence electrons. The zero-order valence-electron chi connectivity index (χ0n) is 4.94. The second-order valence-electron chi connectivity index (χ2n) is 2.51. The van der Waals surface area contributed by atoms with Gasteiger partial charge in [-0.05, 0) is 25.7 Å². The Balaban J connectivity index is 2.19. The largest absolute Gasteiger partial charge is 0.328 e. The van der Waals surface area contributed by atoms with E-state index in [0.717, 1.165) is 12.8 Å². The molecule has 0 aromatic carbocycles. The van der Waals surface area contributed by atoms with Crippen molar-refractivity contribution in [3.05, 3.63) is 0 Å². The number of hydrogen-bond donors (Lipinski definition) is 1. The molecular formula is C6H12FN. The topological polar surface area (TPSA) is 26.0 Å². The molecule has 0 aromatic heterocycles. The highest BCUT2D eigenvalue weighted by molar-refractivity contribution is 4.72. The van der Waals surface area contributed by atoms with Gasteiger partial charge in [-0.3, -0.25) is 0 Å². The van der Waals surface area contributed by atoms with E-state index in [1.165, 1.54) is 0 Å². The van der Waals surface area contributed by atoms with Crippen LogP contribution in [-0.4, -0.2) is 12.2 Å². The maximum absolute atomic E-state index is 12.3. The third-order valence-electron chi connectivity index (χ3n) is 1.70. The first kappa shape index (κ1) is 6.02. The molecule has 0 aromatic rings. The molecule has 0 amide bonds. The van der Waals surface area contributed by atoms with E-state index in [1.807, 2.05) is 0 Å². The molecule has 1 fully saturated rings. The van der Waals surface area contributed by atoms with E-state index in [4.69, 9.17) is 5.73 Å². The standard InChI is InChI=1S/C6H12FN/c7-5-1-3-6(8)4-2-5/h5-6H,1-4,8H2/t5-,6+. The van der Waals surface area contributed by atoms with E-state index >= 15 is 0 Å². The molecule has 8 heavy (non-hydrogen) atoms. The van der Waals surface area contributed by atoms with Gasteiger partial charge in [0.15, 0.2) is 0 Å². The van der Waals surface area contributed by atoms with E-state index in [-0.39, 0.29) is 6.04 Å². The molecule has 0 saturated heterocycles. The maximum Gasteiger partial charge on any atom is 0.100 e. The predicted octanol–water partition coefficient (Wildman–Crippen LogP) is 1.23. The summed E-state index contributed by atoms with van der Waals surface area (Å²) in [5, 5.41) is 0. The van der Waals surface area contributed by atoms with Crippen molar-refractivity contribution in [2.75, 3.05) is 0 Å². The summed E-state index contributed by atoms with van der Waals surface area (Å²) in [4.78, 5) is 0. The predicted molar refractivity (Wildman–Crippen MR) is 31.3 cm³/mol. The zero-order chi connectivity index (χ0) is 5.98. The van der Waals surface area contributed by atoms with Crippen LogP contribution in [0.5, 0.6) is 0 Å². The summed E-state index contributed by atoms with van der Waals surface area (Å²) >= 11 is 0. The molecule has 1 rings (SSSR count). The lowest BCUT2D eigenvalue weighted by molar-refractivity contribution is 0.236. The molecule has 1 saturated carbocycles. The average Bonchev–Trinajstić information content (AvgIpc) is 1.77. The van der Waals surface area contributed by atoms with Crippen molar-refractivity contribution in [2.45, 2.75) is 37.9 Å². The van der Waals surface area contributed by atoms with Gasteiger partial charge in [-0.25, -0.2) is 4.39 Å². The molecule has 0 spiro atoms. The lowest BCUT2D eigenvalue weighted by Crippen LogP contribution is -2.26. The summed E-state index contributed by atoms with van der Waals surface area (Å²) in [5.74, 6) is 0. The number of halogens is 1. The first-order valence-electron chi connectivity index (χ1n) is 3.18. The lowest BCUT2D eigenvalue weighted by atomic mass is 9.95. The molecule has 2 heteroatoms. The molecule has 0 unspecified atom stereocenters. The van der Waals surface area contributed by atoms with Crippen molar-refractivity contribution in [2.24, 2.45) is 5.73 Å². The van der Waals surface area contributed by atoms with Crippen LogP contribution in [0.4, 0.5) is 4.39 Å². The SMILES string of the molecule is N[C@H]1CC[C@@H](F)CC1. The first-order chi connectivity index (χ1) is 3.79. The first-order valence-corrected chi connectivity index (χ1v) is 3.18. The van der Waals surface area contributed by atoms with E-state index in [1.54, 1.807) is 0 Å². The van der Waals surface area contributed by atoms with Crippen LogP contribution in [0.3, 0.4) is 0 Å². The minimum absolute atomic E-state index is 0.280. The Morgan fingerprint density at radius 2 is 1.62 bits per heavy atom. The van der Waals surface area contributed by atoms with Crippen LogP contribution in [0, 0.1) is 0 Å². The number of hydrogen-bond acceptors (Lipinski definition) is 1. The van der Waals surface area contributed by atoms with Gasteiger partial charge < -0.3 is 5.73 Å². The van der Waals surface area contributed by atoms with Gasteiger partial charge in [0.2, 0.25) is 0 Å². The smallest absolute Gasteiger partial charge is 0.100 e. The second kappa shape index (κ2) is 2.44. The Morgan fingerprint density at radius 3 is 2.00 bits per heavy atom. The molecular weight excluding hydrogens is 105 g/mol. The Labute approximate surface area is 49.1 Å². The maximum atomic E-state index is 12.3. The van der Waals surface area contributed by atoms with E-state index in [0.29, 0.717) is 12.8 Å². The zero-order valence-corrected chi connectivity index (χ0v) is 4.94. The van der Waals surface area contributed by atoms with Gasteiger partial charge in [-0.2, -0.15) is 0 Å². The van der Waals surface area contributed by atoms with Crippen LogP contribution in [0.25, 0.3) is 0 Å². The third-order valence-corrected chi connectivity index (χ3v) is 1.70. The summed E-state index contributed by atoms with van der Waals surface area (Å²) < 4.78 is 12.3. The molecule has 0 aliphatic heterocycles. The molecule has 1 aliphatic carbocycles. The number of rotatable bonds is 0. The van der Waals surface area contributed by atoms with Gasteiger partial charge in [-0.15, -0.1) is 0 Å². The van der Waals surface area contributed by atoms with Gasteiger partial charge in [0, 0.05) is 6.04 Å². The molecule has 2 N–H and O–H groups in total. The van der Waals surface area contributed by atoms with Crippen molar-refractivity contribution in [3.63, 3.8) is 0 Å². The summed E-state index contributed by atoms with van der Waals surface area (Å²) in [7, 11) is 0. The van der Waals surface area contributed by atoms with Crippen molar-refractivity contribution < 1.29 is 4.39 Å². The van der Waals surface area contributed by atoms with Gasteiger partial charge in [0.25, 0.3) is 0 Å². The lowest BCUT2D eigenvalue weighted by Gasteiger charge is -2.19. The number of nitrogens with two attached hydrogens (primary N) is 1. The normalized spacial score (nSPS) is 39.8. The fourth-order valence-corrected chi connectivity index (χ4v) is 1.08.